The smallest absolute Gasteiger partial charge is 0.321 e. The molecule has 0 aliphatic carbocycles. The highest BCUT2D eigenvalue weighted by Crippen LogP contribution is 2.17. The van der Waals surface area contributed by atoms with E-state index in [-0.39, 0.29) is 12.2 Å². The fourth-order valence-electron chi connectivity index (χ4n) is 2.99. The van der Waals surface area contributed by atoms with Crippen molar-refractivity contribution >= 4 is 26.8 Å². The van der Waals surface area contributed by atoms with Gasteiger partial charge in [-0.05, 0) is 34.7 Å². The van der Waals surface area contributed by atoms with Gasteiger partial charge in [0.2, 0.25) is 10.0 Å². The molecule has 3 aromatic carbocycles. The fraction of sp³-hybridized carbons (Fsp3) is 0.190. The largest absolute Gasteiger partial charge is 0.480 e. The number of aliphatic carboxylic acids is 1. The lowest BCUT2D eigenvalue weighted by atomic mass is 10.1. The van der Waals surface area contributed by atoms with Gasteiger partial charge in [-0.2, -0.15) is 0 Å². The molecule has 6 heteroatoms. The Balaban J connectivity index is 1.69. The van der Waals surface area contributed by atoms with E-state index in [4.69, 9.17) is 0 Å². The summed E-state index contributed by atoms with van der Waals surface area (Å²) in [4.78, 5) is 11.5. The molecule has 27 heavy (non-hydrogen) atoms. The number of rotatable bonds is 8. The summed E-state index contributed by atoms with van der Waals surface area (Å²) < 4.78 is 27.3. The van der Waals surface area contributed by atoms with Crippen LogP contribution in [0.4, 0.5) is 0 Å². The first kappa shape index (κ1) is 19.1. The lowest BCUT2D eigenvalue weighted by Gasteiger charge is -2.15. The van der Waals surface area contributed by atoms with Gasteiger partial charge in [0, 0.05) is 0 Å². The average Bonchev–Trinajstić information content (AvgIpc) is 2.65. The molecule has 1 atom stereocenters. The SMILES string of the molecule is O=C(O)C(CCc1ccccc1)NS(=O)(=O)Cc1ccc2ccccc2c1. The normalized spacial score (nSPS) is 12.7. The van der Waals surface area contributed by atoms with Crippen LogP contribution in [0.3, 0.4) is 0 Å². The van der Waals surface area contributed by atoms with Gasteiger partial charge >= 0.3 is 5.97 Å². The first-order chi connectivity index (χ1) is 12.9. The summed E-state index contributed by atoms with van der Waals surface area (Å²) in [6.45, 7) is 0. The molecule has 0 bridgehead atoms. The van der Waals surface area contributed by atoms with Gasteiger partial charge in [-0.3, -0.25) is 4.79 Å². The number of hydrogen-bond donors (Lipinski definition) is 2. The summed E-state index contributed by atoms with van der Waals surface area (Å²) in [6, 6.07) is 21.4. The highest BCUT2D eigenvalue weighted by molar-refractivity contribution is 7.88. The number of carboxylic acids is 1. The molecular formula is C21H21NO4S. The number of benzene rings is 3. The van der Waals surface area contributed by atoms with Crippen LogP contribution in [0.2, 0.25) is 0 Å². The van der Waals surface area contributed by atoms with Crippen LogP contribution in [0.25, 0.3) is 10.8 Å². The molecular weight excluding hydrogens is 362 g/mol. The van der Waals surface area contributed by atoms with Crippen LogP contribution in [0.1, 0.15) is 17.5 Å². The third-order valence-corrected chi connectivity index (χ3v) is 5.71. The first-order valence-corrected chi connectivity index (χ1v) is 10.3. The van der Waals surface area contributed by atoms with Crippen molar-refractivity contribution in [1.82, 2.24) is 4.72 Å². The molecule has 3 rings (SSSR count). The third kappa shape index (κ3) is 5.39. The number of hydrogen-bond acceptors (Lipinski definition) is 3. The van der Waals surface area contributed by atoms with Gasteiger partial charge in [-0.1, -0.05) is 72.8 Å². The summed E-state index contributed by atoms with van der Waals surface area (Å²) in [7, 11) is -3.78. The second-order valence-electron chi connectivity index (χ2n) is 6.47. The van der Waals surface area contributed by atoms with Gasteiger partial charge in [0.15, 0.2) is 0 Å². The fourth-order valence-corrected chi connectivity index (χ4v) is 4.35. The predicted molar refractivity (Wildman–Crippen MR) is 106 cm³/mol. The number of fused-ring (bicyclic) bond motifs is 1. The molecule has 5 nitrogen and oxygen atoms in total. The van der Waals surface area contributed by atoms with Crippen molar-refractivity contribution in [2.75, 3.05) is 0 Å². The number of nitrogens with one attached hydrogen (secondary N) is 1. The van der Waals surface area contributed by atoms with Crippen LogP contribution in [0.5, 0.6) is 0 Å². The van der Waals surface area contributed by atoms with Crippen molar-refractivity contribution in [2.24, 2.45) is 0 Å². The molecule has 0 aliphatic rings. The zero-order valence-electron chi connectivity index (χ0n) is 14.7. The Hall–Kier alpha value is -2.70. The van der Waals surface area contributed by atoms with E-state index < -0.39 is 22.0 Å². The highest BCUT2D eigenvalue weighted by atomic mass is 32.2. The van der Waals surface area contributed by atoms with Crippen LogP contribution in [-0.2, 0) is 27.0 Å². The zero-order chi connectivity index (χ0) is 19.3. The lowest BCUT2D eigenvalue weighted by molar-refractivity contribution is -0.139. The Labute approximate surface area is 158 Å². The van der Waals surface area contributed by atoms with Gasteiger partial charge in [-0.25, -0.2) is 13.1 Å². The summed E-state index contributed by atoms with van der Waals surface area (Å²) in [5, 5.41) is 11.4. The Bertz CT molecular complexity index is 1030. The number of sulfonamides is 1. The number of carboxylic acid groups (broad SMARTS) is 1. The molecule has 1 unspecified atom stereocenters. The minimum Gasteiger partial charge on any atom is -0.480 e. The van der Waals surface area contributed by atoms with Gasteiger partial charge in [0.05, 0.1) is 5.75 Å². The summed E-state index contributed by atoms with van der Waals surface area (Å²) in [6.07, 6.45) is 0.673. The molecule has 0 heterocycles. The van der Waals surface area contributed by atoms with E-state index in [2.05, 4.69) is 4.72 Å². The zero-order valence-corrected chi connectivity index (χ0v) is 15.5. The van der Waals surface area contributed by atoms with Crippen LogP contribution < -0.4 is 4.72 Å². The number of carbonyl (C=O) groups is 1. The Morgan fingerprint density at radius 1 is 0.889 bits per heavy atom. The van der Waals surface area contributed by atoms with Gasteiger partial charge in [0.1, 0.15) is 6.04 Å². The summed E-state index contributed by atoms with van der Waals surface area (Å²) in [5.41, 5.74) is 1.59. The monoisotopic (exact) mass is 383 g/mol. The molecule has 0 aromatic heterocycles. The maximum Gasteiger partial charge on any atom is 0.321 e. The van der Waals surface area contributed by atoms with Crippen LogP contribution >= 0.6 is 0 Å². The topological polar surface area (TPSA) is 83.5 Å². The van der Waals surface area contributed by atoms with E-state index in [1.54, 1.807) is 6.07 Å². The molecule has 3 aromatic rings. The van der Waals surface area contributed by atoms with Gasteiger partial charge in [-0.15, -0.1) is 0 Å². The van der Waals surface area contributed by atoms with E-state index in [1.807, 2.05) is 66.7 Å². The van der Waals surface area contributed by atoms with Crippen molar-refractivity contribution in [3.05, 3.63) is 83.9 Å². The minimum atomic E-state index is -3.78. The standard InChI is InChI=1S/C21H21NO4S/c23-21(24)20(13-11-16-6-2-1-3-7-16)22-27(25,26)15-17-10-12-18-8-4-5-9-19(18)14-17/h1-10,12,14,20,22H,11,13,15H2,(H,23,24). The van der Waals surface area contributed by atoms with Gasteiger partial charge < -0.3 is 5.11 Å². The summed E-state index contributed by atoms with van der Waals surface area (Å²) >= 11 is 0. The van der Waals surface area contributed by atoms with Crippen LogP contribution in [0.15, 0.2) is 72.8 Å². The van der Waals surface area contributed by atoms with Gasteiger partial charge in [0.25, 0.3) is 0 Å². The Morgan fingerprint density at radius 2 is 1.56 bits per heavy atom. The minimum absolute atomic E-state index is 0.191. The Morgan fingerprint density at radius 3 is 2.26 bits per heavy atom. The molecule has 0 amide bonds. The van der Waals surface area contributed by atoms with Crippen molar-refractivity contribution in [2.45, 2.75) is 24.6 Å². The second-order valence-corrected chi connectivity index (χ2v) is 8.23. The molecule has 0 saturated carbocycles. The quantitative estimate of drug-likeness (QED) is 0.625. The molecule has 0 fully saturated rings. The van der Waals surface area contributed by atoms with Crippen molar-refractivity contribution in [1.29, 1.82) is 0 Å². The van der Waals surface area contributed by atoms with Crippen LogP contribution in [-0.4, -0.2) is 25.5 Å². The summed E-state index contributed by atoms with van der Waals surface area (Å²) in [5.74, 6) is -1.43. The predicted octanol–water partition coefficient (Wildman–Crippen LogP) is 3.35. The van der Waals surface area contributed by atoms with E-state index in [1.165, 1.54) is 0 Å². The van der Waals surface area contributed by atoms with Crippen molar-refractivity contribution < 1.29 is 18.3 Å². The molecule has 2 N–H and O–H groups in total. The van der Waals surface area contributed by atoms with E-state index >= 15 is 0 Å². The van der Waals surface area contributed by atoms with E-state index in [0.29, 0.717) is 12.0 Å². The number of aryl methyl sites for hydroxylation is 1. The maximum absolute atomic E-state index is 12.5. The lowest BCUT2D eigenvalue weighted by Crippen LogP contribution is -2.41. The first-order valence-electron chi connectivity index (χ1n) is 8.67. The highest BCUT2D eigenvalue weighted by Gasteiger charge is 2.24. The maximum atomic E-state index is 12.5. The van der Waals surface area contributed by atoms with Crippen molar-refractivity contribution in [3.63, 3.8) is 0 Å². The Kier molecular flexibility index (Phi) is 5.88. The molecule has 0 radical (unpaired) electrons. The van der Waals surface area contributed by atoms with Crippen LogP contribution in [0, 0.1) is 0 Å². The van der Waals surface area contributed by atoms with Crippen molar-refractivity contribution in [3.8, 4) is 0 Å². The van der Waals surface area contributed by atoms with E-state index in [0.717, 1.165) is 16.3 Å². The third-order valence-electron chi connectivity index (χ3n) is 4.35. The molecule has 0 saturated heterocycles. The second kappa shape index (κ2) is 8.33. The average molecular weight is 383 g/mol. The molecule has 0 aliphatic heterocycles. The molecule has 0 spiro atoms. The molecule has 140 valence electrons. The van der Waals surface area contributed by atoms with E-state index in [9.17, 15) is 18.3 Å².